The summed E-state index contributed by atoms with van der Waals surface area (Å²) < 4.78 is 0. The lowest BCUT2D eigenvalue weighted by Crippen LogP contribution is -2.50. The molecule has 116 valence electrons. The van der Waals surface area contributed by atoms with E-state index < -0.39 is 0 Å². The first-order chi connectivity index (χ1) is 10.1. The fourth-order valence-corrected chi connectivity index (χ4v) is 3.98. The van der Waals surface area contributed by atoms with Crippen molar-refractivity contribution in [3.05, 3.63) is 23.8 Å². The molecule has 2 saturated heterocycles. The summed E-state index contributed by atoms with van der Waals surface area (Å²) in [5, 5.41) is 23.1. The smallest absolute Gasteiger partial charge is 0.119 e. The summed E-state index contributed by atoms with van der Waals surface area (Å²) in [5.74, 6) is 0.286. The largest absolute Gasteiger partial charge is 0.508 e. The molecule has 1 aromatic carbocycles. The topological polar surface area (TPSA) is 55.7 Å². The molecule has 0 aromatic heterocycles. The maximum absolute atomic E-state index is 9.73. The highest BCUT2D eigenvalue weighted by Gasteiger charge is 2.34. The van der Waals surface area contributed by atoms with Crippen LogP contribution in [0.25, 0.3) is 0 Å². The van der Waals surface area contributed by atoms with Gasteiger partial charge in [-0.15, -0.1) is 0 Å². The van der Waals surface area contributed by atoms with Crippen molar-refractivity contribution in [2.75, 3.05) is 13.1 Å². The molecule has 21 heavy (non-hydrogen) atoms. The number of rotatable bonds is 3. The molecule has 3 N–H and O–H groups in total. The molecular weight excluding hydrogens is 264 g/mol. The average Bonchev–Trinajstić information content (AvgIpc) is 2.99. The van der Waals surface area contributed by atoms with E-state index in [9.17, 15) is 10.2 Å². The zero-order valence-electron chi connectivity index (χ0n) is 12.8. The van der Waals surface area contributed by atoms with E-state index in [1.54, 1.807) is 12.1 Å². The van der Waals surface area contributed by atoms with Gasteiger partial charge in [-0.05, 0) is 63.4 Å². The lowest BCUT2D eigenvalue weighted by molar-refractivity contribution is 0.0801. The Morgan fingerprint density at radius 3 is 2.52 bits per heavy atom. The summed E-state index contributed by atoms with van der Waals surface area (Å²) in [6.07, 6.45) is 6.32. The maximum atomic E-state index is 9.73. The standard InChI is InChI=1S/C17H26N2O2/c1-12(13-9-14(20)11-15(21)10-13)19-8-3-2-6-17(19)16-5-4-7-18-16/h9-12,16-18,20-21H,2-8H2,1H3. The molecular formula is C17H26N2O2. The normalized spacial score (nSPS) is 28.6. The summed E-state index contributed by atoms with van der Waals surface area (Å²) in [6.45, 7) is 4.41. The van der Waals surface area contributed by atoms with E-state index in [4.69, 9.17) is 0 Å². The predicted molar refractivity (Wildman–Crippen MR) is 83.6 cm³/mol. The van der Waals surface area contributed by atoms with Gasteiger partial charge >= 0.3 is 0 Å². The van der Waals surface area contributed by atoms with Crippen molar-refractivity contribution >= 4 is 0 Å². The maximum Gasteiger partial charge on any atom is 0.119 e. The molecule has 4 heteroatoms. The zero-order valence-corrected chi connectivity index (χ0v) is 12.8. The Labute approximate surface area is 126 Å². The van der Waals surface area contributed by atoms with Crippen LogP contribution in [-0.2, 0) is 0 Å². The minimum absolute atomic E-state index is 0.143. The molecule has 0 saturated carbocycles. The molecule has 3 atom stereocenters. The van der Waals surface area contributed by atoms with E-state index in [1.807, 2.05) is 0 Å². The lowest BCUT2D eigenvalue weighted by Gasteiger charge is -2.43. The van der Waals surface area contributed by atoms with Gasteiger partial charge in [-0.3, -0.25) is 4.90 Å². The summed E-state index contributed by atoms with van der Waals surface area (Å²) >= 11 is 0. The quantitative estimate of drug-likeness (QED) is 0.801. The number of hydrogen-bond donors (Lipinski definition) is 3. The van der Waals surface area contributed by atoms with Crippen LogP contribution in [0.15, 0.2) is 18.2 Å². The second-order valence-electron chi connectivity index (χ2n) is 6.46. The Balaban J connectivity index is 1.81. The number of hydrogen-bond acceptors (Lipinski definition) is 4. The molecule has 0 bridgehead atoms. The van der Waals surface area contributed by atoms with Gasteiger partial charge in [0.05, 0.1) is 0 Å². The average molecular weight is 290 g/mol. The van der Waals surface area contributed by atoms with Crippen molar-refractivity contribution in [3.63, 3.8) is 0 Å². The van der Waals surface area contributed by atoms with Gasteiger partial charge in [-0.2, -0.15) is 0 Å². The molecule has 2 aliphatic heterocycles. The van der Waals surface area contributed by atoms with Crippen LogP contribution in [0, 0.1) is 0 Å². The summed E-state index contributed by atoms with van der Waals surface area (Å²) in [5.41, 5.74) is 0.998. The van der Waals surface area contributed by atoms with Gasteiger partial charge in [0.1, 0.15) is 11.5 Å². The van der Waals surface area contributed by atoms with Gasteiger partial charge in [0.15, 0.2) is 0 Å². The van der Waals surface area contributed by atoms with E-state index >= 15 is 0 Å². The summed E-state index contributed by atoms with van der Waals surface area (Å²) in [7, 11) is 0. The number of piperidine rings is 1. The number of phenolic OH excluding ortho intramolecular Hbond substituents is 2. The highest BCUT2D eigenvalue weighted by atomic mass is 16.3. The van der Waals surface area contributed by atoms with E-state index in [0.717, 1.165) is 18.7 Å². The summed E-state index contributed by atoms with van der Waals surface area (Å²) in [4.78, 5) is 2.56. The van der Waals surface area contributed by atoms with Crippen molar-refractivity contribution in [2.45, 2.75) is 57.2 Å². The van der Waals surface area contributed by atoms with Gasteiger partial charge in [0.25, 0.3) is 0 Å². The summed E-state index contributed by atoms with van der Waals surface area (Å²) in [6, 6.07) is 6.33. The van der Waals surface area contributed by atoms with Crippen LogP contribution < -0.4 is 5.32 Å². The first-order valence-electron chi connectivity index (χ1n) is 8.17. The van der Waals surface area contributed by atoms with Crippen molar-refractivity contribution in [1.82, 2.24) is 10.2 Å². The first-order valence-corrected chi connectivity index (χ1v) is 8.17. The number of phenols is 2. The molecule has 1 aromatic rings. The van der Waals surface area contributed by atoms with Crippen molar-refractivity contribution in [2.24, 2.45) is 0 Å². The molecule has 2 aliphatic rings. The van der Waals surface area contributed by atoms with Gasteiger partial charge in [0.2, 0.25) is 0 Å². The van der Waals surface area contributed by atoms with Crippen LogP contribution in [0.4, 0.5) is 0 Å². The molecule has 3 rings (SSSR count). The van der Waals surface area contributed by atoms with Crippen molar-refractivity contribution < 1.29 is 10.2 Å². The molecule has 2 fully saturated rings. The molecule has 3 unspecified atom stereocenters. The van der Waals surface area contributed by atoms with Gasteiger partial charge in [-0.1, -0.05) is 6.42 Å². The Hall–Kier alpha value is -1.26. The number of nitrogens with one attached hydrogen (secondary N) is 1. The van der Waals surface area contributed by atoms with Crippen LogP contribution in [0.3, 0.4) is 0 Å². The van der Waals surface area contributed by atoms with E-state index in [-0.39, 0.29) is 17.5 Å². The molecule has 0 amide bonds. The van der Waals surface area contributed by atoms with Crippen LogP contribution in [0.1, 0.15) is 50.6 Å². The Morgan fingerprint density at radius 2 is 1.86 bits per heavy atom. The van der Waals surface area contributed by atoms with Crippen LogP contribution in [0.2, 0.25) is 0 Å². The fourth-order valence-electron chi connectivity index (χ4n) is 3.98. The minimum atomic E-state index is 0.143. The van der Waals surface area contributed by atoms with Crippen LogP contribution >= 0.6 is 0 Å². The predicted octanol–water partition coefficient (Wildman–Crippen LogP) is 2.77. The third-order valence-corrected chi connectivity index (χ3v) is 5.06. The Kier molecular flexibility index (Phi) is 4.36. The van der Waals surface area contributed by atoms with E-state index in [0.29, 0.717) is 12.1 Å². The van der Waals surface area contributed by atoms with E-state index in [2.05, 4.69) is 17.1 Å². The number of likely N-dealkylation sites (tertiary alicyclic amines) is 1. The molecule has 2 heterocycles. The minimum Gasteiger partial charge on any atom is -0.508 e. The van der Waals surface area contributed by atoms with Gasteiger partial charge in [-0.25, -0.2) is 0 Å². The zero-order chi connectivity index (χ0) is 14.8. The molecule has 4 nitrogen and oxygen atoms in total. The first kappa shape index (κ1) is 14.7. The monoisotopic (exact) mass is 290 g/mol. The highest BCUT2D eigenvalue weighted by Crippen LogP contribution is 2.34. The van der Waals surface area contributed by atoms with E-state index in [1.165, 1.54) is 38.2 Å². The number of nitrogens with zero attached hydrogens (tertiary/aromatic N) is 1. The molecule has 0 radical (unpaired) electrons. The van der Waals surface area contributed by atoms with Gasteiger partial charge in [0, 0.05) is 24.2 Å². The third kappa shape index (κ3) is 3.16. The highest BCUT2D eigenvalue weighted by molar-refractivity contribution is 5.38. The van der Waals surface area contributed by atoms with Crippen molar-refractivity contribution in [3.8, 4) is 11.5 Å². The van der Waals surface area contributed by atoms with Crippen molar-refractivity contribution in [1.29, 1.82) is 0 Å². The van der Waals surface area contributed by atoms with Crippen LogP contribution in [-0.4, -0.2) is 40.3 Å². The van der Waals surface area contributed by atoms with Crippen LogP contribution in [0.5, 0.6) is 11.5 Å². The number of benzene rings is 1. The SMILES string of the molecule is CC(c1cc(O)cc(O)c1)N1CCCCC1C1CCCN1. The number of aromatic hydroxyl groups is 2. The lowest BCUT2D eigenvalue weighted by atomic mass is 9.91. The Morgan fingerprint density at radius 1 is 1.10 bits per heavy atom. The fraction of sp³-hybridized carbons (Fsp3) is 0.647. The molecule has 0 spiro atoms. The Bertz CT molecular complexity index is 465. The third-order valence-electron chi connectivity index (χ3n) is 5.06. The molecule has 0 aliphatic carbocycles. The second-order valence-corrected chi connectivity index (χ2v) is 6.46. The second kappa shape index (κ2) is 6.24. The van der Waals surface area contributed by atoms with Gasteiger partial charge < -0.3 is 15.5 Å².